The van der Waals surface area contributed by atoms with E-state index in [0.29, 0.717) is 24.3 Å². The summed E-state index contributed by atoms with van der Waals surface area (Å²) in [7, 11) is 2.10. The van der Waals surface area contributed by atoms with Crippen molar-refractivity contribution < 1.29 is 4.42 Å². The Hall–Kier alpha value is -1.55. The van der Waals surface area contributed by atoms with Crippen LogP contribution in [0.5, 0.6) is 0 Å². The van der Waals surface area contributed by atoms with Crippen LogP contribution >= 0.6 is 0 Å². The lowest BCUT2D eigenvalue weighted by molar-refractivity contribution is 0.398. The van der Waals surface area contributed by atoms with E-state index in [4.69, 9.17) is 10.2 Å². The molecule has 0 aliphatic rings. The van der Waals surface area contributed by atoms with Gasteiger partial charge < -0.3 is 15.1 Å². The summed E-state index contributed by atoms with van der Waals surface area (Å²) >= 11 is 0. The average Bonchev–Trinajstić information content (AvgIpc) is 2.74. The van der Waals surface area contributed by atoms with E-state index in [1.54, 1.807) is 0 Å². The summed E-state index contributed by atoms with van der Waals surface area (Å²) in [5, 5.41) is 0. The number of oxazole rings is 1. The summed E-state index contributed by atoms with van der Waals surface area (Å²) in [6.45, 7) is 7.97. The molecule has 0 bridgehead atoms. The summed E-state index contributed by atoms with van der Waals surface area (Å²) in [6, 6.07) is 6.12. The number of aromatic nitrogens is 1. The van der Waals surface area contributed by atoms with Crippen LogP contribution in [0.25, 0.3) is 11.1 Å². The molecule has 1 heterocycles. The molecule has 19 heavy (non-hydrogen) atoms. The molecule has 2 N–H and O–H groups in total. The maximum absolute atomic E-state index is 5.84. The molecule has 4 nitrogen and oxygen atoms in total. The lowest BCUT2D eigenvalue weighted by Gasteiger charge is -2.27. The molecule has 2 aromatic rings. The average molecular weight is 261 g/mol. The van der Waals surface area contributed by atoms with Crippen molar-refractivity contribution in [2.75, 3.05) is 25.0 Å². The van der Waals surface area contributed by atoms with Gasteiger partial charge in [0.15, 0.2) is 11.5 Å². The lowest BCUT2D eigenvalue weighted by atomic mass is 9.95. The summed E-state index contributed by atoms with van der Waals surface area (Å²) in [5.74, 6) is 1.79. The second-order valence-electron chi connectivity index (χ2n) is 5.51. The predicted molar refractivity (Wildman–Crippen MR) is 79.4 cm³/mol. The highest BCUT2D eigenvalue weighted by atomic mass is 16.3. The molecule has 104 valence electrons. The third-order valence-electron chi connectivity index (χ3n) is 3.67. The number of aryl methyl sites for hydroxylation is 1. The van der Waals surface area contributed by atoms with Crippen molar-refractivity contribution in [2.45, 2.75) is 20.8 Å². The Bertz CT molecular complexity index is 547. The molecule has 4 heteroatoms. The molecular weight excluding hydrogens is 238 g/mol. The number of rotatable bonds is 5. The number of fused-ring (bicyclic) bond motifs is 1. The number of nitrogens with zero attached hydrogens (tertiary/aromatic N) is 2. The Kier molecular flexibility index (Phi) is 4.10. The van der Waals surface area contributed by atoms with Crippen molar-refractivity contribution in [3.05, 3.63) is 24.1 Å². The molecule has 1 atom stereocenters. The number of benzene rings is 1. The first-order valence-corrected chi connectivity index (χ1v) is 6.79. The fourth-order valence-electron chi connectivity index (χ4n) is 2.28. The minimum atomic E-state index is 0.500. The minimum Gasteiger partial charge on any atom is -0.441 e. The van der Waals surface area contributed by atoms with Gasteiger partial charge in [0.2, 0.25) is 0 Å². The maximum Gasteiger partial charge on any atom is 0.192 e. The van der Waals surface area contributed by atoms with Gasteiger partial charge in [-0.15, -0.1) is 0 Å². The summed E-state index contributed by atoms with van der Waals surface area (Å²) in [6.07, 6.45) is 0. The highest BCUT2D eigenvalue weighted by Crippen LogP contribution is 2.23. The normalized spacial score (nSPS) is 13.2. The van der Waals surface area contributed by atoms with Gasteiger partial charge in [-0.3, -0.25) is 0 Å². The van der Waals surface area contributed by atoms with Crippen LogP contribution in [0, 0.1) is 18.8 Å². The Morgan fingerprint density at radius 1 is 1.37 bits per heavy atom. The van der Waals surface area contributed by atoms with Crippen molar-refractivity contribution in [1.82, 2.24) is 4.98 Å². The van der Waals surface area contributed by atoms with Crippen LogP contribution in [0.2, 0.25) is 0 Å². The third kappa shape index (κ3) is 3.07. The Balaban J connectivity index is 2.18. The van der Waals surface area contributed by atoms with E-state index in [1.165, 1.54) is 0 Å². The van der Waals surface area contributed by atoms with Crippen molar-refractivity contribution in [3.8, 4) is 0 Å². The molecule has 0 saturated carbocycles. The maximum atomic E-state index is 5.84. The zero-order chi connectivity index (χ0) is 14.0. The second-order valence-corrected chi connectivity index (χ2v) is 5.51. The van der Waals surface area contributed by atoms with Gasteiger partial charge in [0.25, 0.3) is 0 Å². The standard InChI is InChI=1S/C15H23N3O/c1-10(2)12(8-16)9-18(4)13-5-6-15-14(7-13)17-11(3)19-15/h5-7,10,12H,8-9,16H2,1-4H3. The van der Waals surface area contributed by atoms with Crippen LogP contribution < -0.4 is 10.6 Å². The minimum absolute atomic E-state index is 0.500. The SMILES string of the molecule is Cc1nc2cc(N(C)CC(CN)C(C)C)ccc2o1. The fourth-order valence-corrected chi connectivity index (χ4v) is 2.28. The molecule has 1 aromatic heterocycles. The summed E-state index contributed by atoms with van der Waals surface area (Å²) < 4.78 is 5.49. The number of anilines is 1. The molecule has 0 aliphatic heterocycles. The van der Waals surface area contributed by atoms with Gasteiger partial charge in [0, 0.05) is 26.2 Å². The molecule has 0 spiro atoms. The fraction of sp³-hybridized carbons (Fsp3) is 0.533. The van der Waals surface area contributed by atoms with Crippen molar-refractivity contribution >= 4 is 16.8 Å². The molecule has 0 fully saturated rings. The predicted octanol–water partition coefficient (Wildman–Crippen LogP) is 2.80. The van der Waals surface area contributed by atoms with Crippen LogP contribution in [0.3, 0.4) is 0 Å². The van der Waals surface area contributed by atoms with Crippen LogP contribution in [0.1, 0.15) is 19.7 Å². The van der Waals surface area contributed by atoms with Crippen LogP contribution in [0.15, 0.2) is 22.6 Å². The number of hydrogen-bond acceptors (Lipinski definition) is 4. The van der Waals surface area contributed by atoms with Crippen molar-refractivity contribution in [1.29, 1.82) is 0 Å². The Labute approximate surface area is 114 Å². The van der Waals surface area contributed by atoms with Gasteiger partial charge in [-0.2, -0.15) is 0 Å². The number of hydrogen-bond donors (Lipinski definition) is 1. The molecule has 0 saturated heterocycles. The van der Waals surface area contributed by atoms with Crippen LogP contribution in [-0.2, 0) is 0 Å². The second kappa shape index (κ2) is 5.61. The van der Waals surface area contributed by atoms with Crippen molar-refractivity contribution in [2.24, 2.45) is 17.6 Å². The Morgan fingerprint density at radius 2 is 2.11 bits per heavy atom. The van der Waals surface area contributed by atoms with Gasteiger partial charge in [-0.1, -0.05) is 13.8 Å². The van der Waals surface area contributed by atoms with E-state index in [2.05, 4.69) is 42.9 Å². The smallest absolute Gasteiger partial charge is 0.192 e. The third-order valence-corrected chi connectivity index (χ3v) is 3.67. The van der Waals surface area contributed by atoms with Gasteiger partial charge in [-0.25, -0.2) is 4.98 Å². The Morgan fingerprint density at radius 3 is 2.74 bits per heavy atom. The van der Waals surface area contributed by atoms with Crippen LogP contribution in [-0.4, -0.2) is 25.1 Å². The van der Waals surface area contributed by atoms with Crippen LogP contribution in [0.4, 0.5) is 5.69 Å². The molecule has 0 aliphatic carbocycles. The first kappa shape index (κ1) is 13.9. The van der Waals surface area contributed by atoms with Gasteiger partial charge in [-0.05, 0) is 36.6 Å². The van der Waals surface area contributed by atoms with E-state index < -0.39 is 0 Å². The van der Waals surface area contributed by atoms with Gasteiger partial charge >= 0.3 is 0 Å². The van der Waals surface area contributed by atoms with E-state index in [9.17, 15) is 0 Å². The molecule has 0 amide bonds. The van der Waals surface area contributed by atoms with E-state index in [1.807, 2.05) is 13.0 Å². The van der Waals surface area contributed by atoms with Gasteiger partial charge in [0.05, 0.1) is 0 Å². The van der Waals surface area contributed by atoms with E-state index >= 15 is 0 Å². The topological polar surface area (TPSA) is 55.3 Å². The van der Waals surface area contributed by atoms with E-state index in [0.717, 1.165) is 23.3 Å². The molecule has 2 rings (SSSR count). The molecular formula is C15H23N3O. The quantitative estimate of drug-likeness (QED) is 0.899. The lowest BCUT2D eigenvalue weighted by Crippen LogP contribution is -2.33. The first-order chi connectivity index (χ1) is 9.01. The highest BCUT2D eigenvalue weighted by Gasteiger charge is 2.15. The monoisotopic (exact) mass is 261 g/mol. The van der Waals surface area contributed by atoms with Crippen molar-refractivity contribution in [3.63, 3.8) is 0 Å². The van der Waals surface area contributed by atoms with Gasteiger partial charge in [0.1, 0.15) is 5.52 Å². The summed E-state index contributed by atoms with van der Waals surface area (Å²) in [5.41, 5.74) is 8.75. The number of nitrogens with two attached hydrogens (primary N) is 1. The molecule has 1 aromatic carbocycles. The zero-order valence-electron chi connectivity index (χ0n) is 12.2. The largest absolute Gasteiger partial charge is 0.441 e. The molecule has 0 radical (unpaired) electrons. The summed E-state index contributed by atoms with van der Waals surface area (Å²) in [4.78, 5) is 6.61. The highest BCUT2D eigenvalue weighted by molar-refractivity contribution is 5.77. The zero-order valence-corrected chi connectivity index (χ0v) is 12.2. The first-order valence-electron chi connectivity index (χ1n) is 6.79. The molecule has 1 unspecified atom stereocenters. The van der Waals surface area contributed by atoms with E-state index in [-0.39, 0.29) is 0 Å².